The van der Waals surface area contributed by atoms with Crippen molar-refractivity contribution in [3.8, 4) is 0 Å². The molecule has 5 heteroatoms. The van der Waals surface area contributed by atoms with E-state index in [-0.39, 0.29) is 12.1 Å². The van der Waals surface area contributed by atoms with Crippen LogP contribution in [0.2, 0.25) is 0 Å². The maximum Gasteiger partial charge on any atom is 0.134 e. The van der Waals surface area contributed by atoms with Gasteiger partial charge in [-0.2, -0.15) is 0 Å². The van der Waals surface area contributed by atoms with Gasteiger partial charge in [0.1, 0.15) is 17.8 Å². The fraction of sp³-hybridized carbons (Fsp3) is 0.520. The second-order valence-corrected chi connectivity index (χ2v) is 9.57. The summed E-state index contributed by atoms with van der Waals surface area (Å²) in [6.45, 7) is 13.0. The fourth-order valence-electron chi connectivity index (χ4n) is 5.34. The van der Waals surface area contributed by atoms with Crippen LogP contribution in [0, 0.1) is 25.7 Å². The van der Waals surface area contributed by atoms with Gasteiger partial charge in [0, 0.05) is 29.2 Å². The molecule has 0 radical (unpaired) electrons. The van der Waals surface area contributed by atoms with E-state index in [1.54, 1.807) is 0 Å². The molecular formula is C25H33BrN4. The molecule has 160 valence electrons. The molecule has 1 saturated heterocycles. The monoisotopic (exact) mass is 468 g/mol. The predicted octanol–water partition coefficient (Wildman–Crippen LogP) is 5.89. The van der Waals surface area contributed by atoms with Gasteiger partial charge in [-0.25, -0.2) is 9.98 Å². The van der Waals surface area contributed by atoms with Crippen molar-refractivity contribution >= 4 is 33.3 Å². The molecule has 4 atom stereocenters. The number of aryl methyl sites for hydroxylation is 2. The smallest absolute Gasteiger partial charge is 0.134 e. The number of halogens is 1. The molecule has 1 aromatic rings. The van der Waals surface area contributed by atoms with Crippen molar-refractivity contribution in [3.63, 3.8) is 0 Å². The number of fused-ring (bicyclic) bond motifs is 3. The van der Waals surface area contributed by atoms with Gasteiger partial charge < -0.3 is 9.80 Å². The molecule has 0 spiro atoms. The quantitative estimate of drug-likeness (QED) is 0.538. The van der Waals surface area contributed by atoms with E-state index in [9.17, 15) is 0 Å². The number of hydrogen-bond donors (Lipinski definition) is 0. The second-order valence-electron chi connectivity index (χ2n) is 8.65. The number of allylic oxidation sites excluding steroid dienone is 2. The zero-order chi connectivity index (χ0) is 21.4. The highest BCUT2D eigenvalue weighted by Gasteiger charge is 2.52. The summed E-state index contributed by atoms with van der Waals surface area (Å²) in [5.74, 6) is 2.78. The van der Waals surface area contributed by atoms with Gasteiger partial charge >= 0.3 is 0 Å². The normalized spacial score (nSPS) is 26.9. The van der Waals surface area contributed by atoms with Crippen molar-refractivity contribution in [2.45, 2.75) is 59.7 Å². The summed E-state index contributed by atoms with van der Waals surface area (Å²) >= 11 is 3.67. The Labute approximate surface area is 189 Å². The van der Waals surface area contributed by atoms with E-state index in [0.29, 0.717) is 12.0 Å². The van der Waals surface area contributed by atoms with E-state index in [0.717, 1.165) is 23.4 Å². The molecule has 3 aliphatic rings. The standard InChI is InChI=1S/C25H33BrN4/c1-6-8-13-29(7-2)24-22-20-11-9-10-12-21(20)30(25(22)28-18(5)27-24)23-16(3)14-19(26)15-17(23)4/h9-12,14-15,20-22,25H,6-8,13H2,1-5H3. The lowest BCUT2D eigenvalue weighted by atomic mass is 9.84. The van der Waals surface area contributed by atoms with Gasteiger partial charge in [0.15, 0.2) is 0 Å². The van der Waals surface area contributed by atoms with Gasteiger partial charge in [0.25, 0.3) is 0 Å². The van der Waals surface area contributed by atoms with Gasteiger partial charge in [-0.1, -0.05) is 53.6 Å². The Morgan fingerprint density at radius 1 is 1.07 bits per heavy atom. The van der Waals surface area contributed by atoms with Crippen molar-refractivity contribution in [1.82, 2.24) is 4.90 Å². The van der Waals surface area contributed by atoms with Crippen molar-refractivity contribution in [2.24, 2.45) is 21.8 Å². The molecule has 1 aromatic carbocycles. The molecule has 2 heterocycles. The number of benzene rings is 1. The van der Waals surface area contributed by atoms with E-state index in [4.69, 9.17) is 9.98 Å². The lowest BCUT2D eigenvalue weighted by Gasteiger charge is -2.36. The Morgan fingerprint density at radius 3 is 2.43 bits per heavy atom. The molecule has 2 aliphatic heterocycles. The molecule has 0 aromatic heterocycles. The van der Waals surface area contributed by atoms with E-state index >= 15 is 0 Å². The number of aliphatic imine (C=N–C) groups is 2. The SMILES string of the molecule is CCCCN(CC)C1=NC(C)=NC2C1C1C=CC=CC1N2c1c(C)cc(Br)cc1C. The Balaban J connectivity index is 1.82. The van der Waals surface area contributed by atoms with Crippen LogP contribution in [-0.2, 0) is 0 Å². The van der Waals surface area contributed by atoms with Crippen LogP contribution >= 0.6 is 15.9 Å². The third kappa shape index (κ3) is 3.66. The number of anilines is 1. The number of nitrogens with zero attached hydrogens (tertiary/aromatic N) is 4. The highest BCUT2D eigenvalue weighted by Crippen LogP contribution is 2.47. The molecule has 4 nitrogen and oxygen atoms in total. The Hall–Kier alpha value is -1.88. The molecule has 4 rings (SSSR count). The van der Waals surface area contributed by atoms with Gasteiger partial charge in [-0.15, -0.1) is 0 Å². The number of hydrogen-bond acceptors (Lipinski definition) is 4. The van der Waals surface area contributed by atoms with Gasteiger partial charge in [0.2, 0.25) is 0 Å². The molecule has 4 unspecified atom stereocenters. The lowest BCUT2D eigenvalue weighted by Crippen LogP contribution is -2.46. The number of rotatable bonds is 5. The second kappa shape index (κ2) is 8.70. The van der Waals surface area contributed by atoms with Crippen LogP contribution in [0.3, 0.4) is 0 Å². The zero-order valence-corrected chi connectivity index (χ0v) is 20.4. The van der Waals surface area contributed by atoms with Crippen LogP contribution in [0.4, 0.5) is 5.69 Å². The Bertz CT molecular complexity index is 906. The van der Waals surface area contributed by atoms with Crippen LogP contribution in [0.15, 0.2) is 50.9 Å². The maximum absolute atomic E-state index is 5.13. The first-order valence-corrected chi connectivity index (χ1v) is 12.0. The van der Waals surface area contributed by atoms with Gasteiger partial charge in [-0.3, -0.25) is 0 Å². The lowest BCUT2D eigenvalue weighted by molar-refractivity contribution is 0.377. The van der Waals surface area contributed by atoms with E-state index < -0.39 is 0 Å². The Morgan fingerprint density at radius 2 is 1.77 bits per heavy atom. The van der Waals surface area contributed by atoms with Crippen molar-refractivity contribution < 1.29 is 0 Å². The van der Waals surface area contributed by atoms with E-state index in [1.807, 2.05) is 0 Å². The highest BCUT2D eigenvalue weighted by molar-refractivity contribution is 9.10. The average molecular weight is 469 g/mol. The molecule has 0 bridgehead atoms. The van der Waals surface area contributed by atoms with E-state index in [2.05, 4.69) is 96.8 Å². The first-order chi connectivity index (χ1) is 14.5. The minimum Gasteiger partial charge on any atom is -0.360 e. The fourth-order valence-corrected chi connectivity index (χ4v) is 6.02. The summed E-state index contributed by atoms with van der Waals surface area (Å²) in [5.41, 5.74) is 3.90. The molecular weight excluding hydrogens is 436 g/mol. The average Bonchev–Trinajstić information content (AvgIpc) is 3.02. The largest absolute Gasteiger partial charge is 0.360 e. The third-order valence-corrected chi connectivity index (χ3v) is 7.04. The van der Waals surface area contributed by atoms with Gasteiger partial charge in [-0.05, 0) is 57.4 Å². The van der Waals surface area contributed by atoms with Crippen molar-refractivity contribution in [1.29, 1.82) is 0 Å². The number of amidine groups is 2. The summed E-state index contributed by atoms with van der Waals surface area (Å²) in [6.07, 6.45) is 11.6. The van der Waals surface area contributed by atoms with E-state index in [1.165, 1.54) is 35.5 Å². The van der Waals surface area contributed by atoms with Crippen LogP contribution in [0.5, 0.6) is 0 Å². The summed E-state index contributed by atoms with van der Waals surface area (Å²) in [5, 5.41) is 0. The minimum absolute atomic E-state index is 0.0779. The van der Waals surface area contributed by atoms with Crippen LogP contribution < -0.4 is 4.90 Å². The first-order valence-electron chi connectivity index (χ1n) is 11.2. The zero-order valence-electron chi connectivity index (χ0n) is 18.8. The van der Waals surface area contributed by atoms with Crippen LogP contribution in [0.1, 0.15) is 44.7 Å². The topological polar surface area (TPSA) is 31.2 Å². The van der Waals surface area contributed by atoms with Gasteiger partial charge in [0.05, 0.1) is 12.0 Å². The highest BCUT2D eigenvalue weighted by atomic mass is 79.9. The van der Waals surface area contributed by atoms with Crippen molar-refractivity contribution in [2.75, 3.05) is 18.0 Å². The summed E-state index contributed by atoms with van der Waals surface area (Å²) in [4.78, 5) is 15.2. The molecule has 1 aliphatic carbocycles. The molecule has 0 N–H and O–H groups in total. The summed E-state index contributed by atoms with van der Waals surface area (Å²) in [6, 6.07) is 4.75. The third-order valence-electron chi connectivity index (χ3n) is 6.58. The van der Waals surface area contributed by atoms with Crippen LogP contribution in [0.25, 0.3) is 0 Å². The number of unbranched alkanes of at least 4 members (excludes halogenated alkanes) is 1. The minimum atomic E-state index is 0.0779. The first kappa shape index (κ1) is 21.4. The van der Waals surface area contributed by atoms with Crippen molar-refractivity contribution in [3.05, 3.63) is 52.0 Å². The Kier molecular flexibility index (Phi) is 6.19. The molecule has 0 amide bonds. The predicted molar refractivity (Wildman–Crippen MR) is 132 cm³/mol. The maximum atomic E-state index is 5.13. The summed E-state index contributed by atoms with van der Waals surface area (Å²) in [7, 11) is 0. The molecule has 30 heavy (non-hydrogen) atoms. The van der Waals surface area contributed by atoms with Crippen LogP contribution in [-0.4, -0.2) is 41.9 Å². The molecule has 0 saturated carbocycles. The summed E-state index contributed by atoms with van der Waals surface area (Å²) < 4.78 is 1.13. The molecule has 1 fully saturated rings.